The van der Waals surface area contributed by atoms with E-state index in [4.69, 9.17) is 4.74 Å². The Kier molecular flexibility index (Phi) is 6.03. The van der Waals surface area contributed by atoms with E-state index in [0.29, 0.717) is 13.1 Å². The fraction of sp³-hybridized carbons (Fsp3) is 0.316. The number of carbonyl (C=O) groups excluding carboxylic acids is 1. The van der Waals surface area contributed by atoms with Crippen LogP contribution in [0.2, 0.25) is 0 Å². The van der Waals surface area contributed by atoms with Gasteiger partial charge in [0.2, 0.25) is 0 Å². The van der Waals surface area contributed by atoms with Crippen molar-refractivity contribution in [2.45, 2.75) is 33.0 Å². The monoisotopic (exact) mass is 312 g/mol. The van der Waals surface area contributed by atoms with Gasteiger partial charge >= 0.3 is 6.03 Å². The molecule has 0 fully saturated rings. The molecule has 0 saturated carbocycles. The number of hydrogen-bond acceptors (Lipinski definition) is 2. The third kappa shape index (κ3) is 4.74. The van der Waals surface area contributed by atoms with E-state index < -0.39 is 0 Å². The number of para-hydroxylation sites is 1. The molecular weight excluding hydrogens is 288 g/mol. The summed E-state index contributed by atoms with van der Waals surface area (Å²) in [4.78, 5) is 14.4. The van der Waals surface area contributed by atoms with Crippen LogP contribution in [0, 0.1) is 0 Å². The summed E-state index contributed by atoms with van der Waals surface area (Å²) < 4.78 is 5.32. The fourth-order valence-corrected chi connectivity index (χ4v) is 2.39. The summed E-state index contributed by atoms with van der Waals surface area (Å²) in [5.74, 6) is 0.784. The molecule has 0 radical (unpaired) electrons. The van der Waals surface area contributed by atoms with Crippen molar-refractivity contribution in [1.29, 1.82) is 0 Å². The predicted molar refractivity (Wildman–Crippen MR) is 92.4 cm³/mol. The molecule has 0 bridgehead atoms. The van der Waals surface area contributed by atoms with Gasteiger partial charge in [-0.05, 0) is 25.5 Å². The number of amides is 2. The van der Waals surface area contributed by atoms with Gasteiger partial charge in [-0.15, -0.1) is 0 Å². The summed E-state index contributed by atoms with van der Waals surface area (Å²) in [6.07, 6.45) is 0. The Morgan fingerprint density at radius 1 is 1.09 bits per heavy atom. The number of hydrogen-bond donors (Lipinski definition) is 1. The smallest absolute Gasteiger partial charge is 0.318 e. The van der Waals surface area contributed by atoms with Crippen molar-refractivity contribution in [1.82, 2.24) is 10.2 Å². The Morgan fingerprint density at radius 2 is 1.74 bits per heavy atom. The second-order valence-electron chi connectivity index (χ2n) is 5.68. The standard InChI is InChI=1S/C19H24N2O2/c1-15(2)21(14-16-9-5-4-6-10-16)19(22)20-13-17-11-7-8-12-18(17)23-3/h4-12,15H,13-14H2,1-3H3,(H,20,22). The molecule has 0 aliphatic rings. The van der Waals surface area contributed by atoms with Gasteiger partial charge in [-0.1, -0.05) is 48.5 Å². The van der Waals surface area contributed by atoms with Crippen LogP contribution in [0.1, 0.15) is 25.0 Å². The maximum absolute atomic E-state index is 12.5. The molecule has 0 saturated heterocycles. The molecule has 4 nitrogen and oxygen atoms in total. The molecule has 23 heavy (non-hydrogen) atoms. The molecule has 2 aromatic carbocycles. The highest BCUT2D eigenvalue weighted by atomic mass is 16.5. The van der Waals surface area contributed by atoms with Crippen molar-refractivity contribution in [3.05, 3.63) is 65.7 Å². The van der Waals surface area contributed by atoms with Crippen LogP contribution in [0.3, 0.4) is 0 Å². The molecule has 0 aliphatic carbocycles. The molecule has 2 rings (SSSR count). The van der Waals surface area contributed by atoms with Crippen LogP contribution in [0.15, 0.2) is 54.6 Å². The molecule has 2 aromatic rings. The zero-order valence-electron chi connectivity index (χ0n) is 14.0. The Balaban J connectivity index is 2.01. The lowest BCUT2D eigenvalue weighted by molar-refractivity contribution is 0.179. The van der Waals surface area contributed by atoms with Gasteiger partial charge in [0.05, 0.1) is 7.11 Å². The van der Waals surface area contributed by atoms with Gasteiger partial charge in [0.1, 0.15) is 5.75 Å². The van der Waals surface area contributed by atoms with E-state index in [9.17, 15) is 4.79 Å². The maximum Gasteiger partial charge on any atom is 0.318 e. The first-order valence-corrected chi connectivity index (χ1v) is 7.82. The van der Waals surface area contributed by atoms with Crippen molar-refractivity contribution in [2.24, 2.45) is 0 Å². The van der Waals surface area contributed by atoms with Crippen molar-refractivity contribution in [3.8, 4) is 5.75 Å². The summed E-state index contributed by atoms with van der Waals surface area (Å²) in [5.41, 5.74) is 2.08. The summed E-state index contributed by atoms with van der Waals surface area (Å²) in [7, 11) is 1.64. The SMILES string of the molecule is COc1ccccc1CNC(=O)N(Cc1ccccc1)C(C)C. The average molecular weight is 312 g/mol. The van der Waals surface area contributed by atoms with Crippen molar-refractivity contribution in [3.63, 3.8) is 0 Å². The highest BCUT2D eigenvalue weighted by molar-refractivity contribution is 5.74. The summed E-state index contributed by atoms with van der Waals surface area (Å²) in [6, 6.07) is 17.8. The normalized spacial score (nSPS) is 10.4. The van der Waals surface area contributed by atoms with Crippen LogP contribution in [0.4, 0.5) is 4.79 Å². The van der Waals surface area contributed by atoms with Crippen LogP contribution >= 0.6 is 0 Å². The van der Waals surface area contributed by atoms with Gasteiger partial charge in [0.15, 0.2) is 0 Å². The van der Waals surface area contributed by atoms with Gasteiger partial charge in [0.25, 0.3) is 0 Å². The Morgan fingerprint density at radius 3 is 2.39 bits per heavy atom. The van der Waals surface area contributed by atoms with Gasteiger partial charge in [-0.2, -0.15) is 0 Å². The Bertz CT molecular complexity index is 626. The summed E-state index contributed by atoms with van der Waals surface area (Å²) in [6.45, 7) is 5.08. The van der Waals surface area contributed by atoms with Crippen LogP contribution in [0.5, 0.6) is 5.75 Å². The molecule has 0 atom stereocenters. The zero-order chi connectivity index (χ0) is 16.7. The van der Waals surface area contributed by atoms with E-state index in [1.165, 1.54) is 0 Å². The Hall–Kier alpha value is -2.49. The minimum atomic E-state index is -0.0743. The van der Waals surface area contributed by atoms with Gasteiger partial charge in [0, 0.05) is 24.7 Å². The largest absolute Gasteiger partial charge is 0.496 e. The topological polar surface area (TPSA) is 41.6 Å². The zero-order valence-corrected chi connectivity index (χ0v) is 14.0. The van der Waals surface area contributed by atoms with E-state index in [-0.39, 0.29) is 12.1 Å². The molecule has 122 valence electrons. The molecule has 0 unspecified atom stereocenters. The van der Waals surface area contributed by atoms with Crippen molar-refractivity contribution < 1.29 is 9.53 Å². The summed E-state index contributed by atoms with van der Waals surface area (Å²) in [5, 5.41) is 2.98. The molecule has 0 aromatic heterocycles. The summed E-state index contributed by atoms with van der Waals surface area (Å²) >= 11 is 0. The van der Waals surface area contributed by atoms with Gasteiger partial charge in [-0.25, -0.2) is 4.79 Å². The minimum Gasteiger partial charge on any atom is -0.496 e. The number of benzene rings is 2. The predicted octanol–water partition coefficient (Wildman–Crippen LogP) is 3.82. The van der Waals surface area contributed by atoms with E-state index in [0.717, 1.165) is 16.9 Å². The first-order chi connectivity index (χ1) is 11.1. The first-order valence-electron chi connectivity index (χ1n) is 7.82. The number of rotatable bonds is 6. The molecule has 2 amide bonds. The molecular formula is C19H24N2O2. The fourth-order valence-electron chi connectivity index (χ4n) is 2.39. The van der Waals surface area contributed by atoms with Crippen molar-refractivity contribution in [2.75, 3.05) is 7.11 Å². The lowest BCUT2D eigenvalue weighted by Crippen LogP contribution is -2.43. The van der Waals surface area contributed by atoms with Crippen LogP contribution in [-0.4, -0.2) is 24.1 Å². The first kappa shape index (κ1) is 16.9. The van der Waals surface area contributed by atoms with Crippen molar-refractivity contribution >= 4 is 6.03 Å². The number of ether oxygens (including phenoxy) is 1. The maximum atomic E-state index is 12.5. The molecule has 1 N–H and O–H groups in total. The third-order valence-electron chi connectivity index (χ3n) is 3.70. The number of carbonyl (C=O) groups is 1. The quantitative estimate of drug-likeness (QED) is 0.881. The number of nitrogens with zero attached hydrogens (tertiary/aromatic N) is 1. The van der Waals surface area contributed by atoms with E-state index in [2.05, 4.69) is 5.32 Å². The number of methoxy groups -OCH3 is 1. The second kappa shape index (κ2) is 8.22. The van der Waals surface area contributed by atoms with E-state index in [1.807, 2.05) is 73.3 Å². The molecule has 0 heterocycles. The molecule has 0 spiro atoms. The number of nitrogens with one attached hydrogen (secondary N) is 1. The Labute approximate surface area is 138 Å². The van der Waals surface area contributed by atoms with Crippen LogP contribution < -0.4 is 10.1 Å². The minimum absolute atomic E-state index is 0.0743. The van der Waals surface area contributed by atoms with Crippen LogP contribution in [0.25, 0.3) is 0 Å². The molecule has 0 aliphatic heterocycles. The second-order valence-corrected chi connectivity index (χ2v) is 5.68. The highest BCUT2D eigenvalue weighted by Gasteiger charge is 2.17. The van der Waals surface area contributed by atoms with Gasteiger partial charge < -0.3 is 15.0 Å². The van der Waals surface area contributed by atoms with Crippen LogP contribution in [-0.2, 0) is 13.1 Å². The third-order valence-corrected chi connectivity index (χ3v) is 3.70. The highest BCUT2D eigenvalue weighted by Crippen LogP contribution is 2.17. The average Bonchev–Trinajstić information content (AvgIpc) is 2.58. The van der Waals surface area contributed by atoms with Gasteiger partial charge in [-0.3, -0.25) is 0 Å². The van der Waals surface area contributed by atoms with E-state index in [1.54, 1.807) is 7.11 Å². The number of urea groups is 1. The lowest BCUT2D eigenvalue weighted by Gasteiger charge is -2.27. The lowest BCUT2D eigenvalue weighted by atomic mass is 10.2. The van der Waals surface area contributed by atoms with E-state index >= 15 is 0 Å². The molecule has 4 heteroatoms.